The number of carbonyl (C=O) groups excluding carboxylic acids is 1. The van der Waals surface area contributed by atoms with Gasteiger partial charge in [-0.1, -0.05) is 12.1 Å². The third-order valence-corrected chi connectivity index (χ3v) is 2.81. The molecule has 7 nitrogen and oxygen atoms in total. The highest BCUT2D eigenvalue weighted by Gasteiger charge is 2.30. The summed E-state index contributed by atoms with van der Waals surface area (Å²) in [5.41, 5.74) is 5.73. The number of ether oxygens (including phenoxy) is 1. The van der Waals surface area contributed by atoms with Gasteiger partial charge in [0.2, 0.25) is 0 Å². The first kappa shape index (κ1) is 15.4. The van der Waals surface area contributed by atoms with E-state index < -0.39 is 17.1 Å². The molecule has 7 heteroatoms. The van der Waals surface area contributed by atoms with Crippen molar-refractivity contribution >= 4 is 6.09 Å². The molecule has 19 heavy (non-hydrogen) atoms. The Morgan fingerprint density at radius 1 is 1.47 bits per heavy atom. The number of hydrogen-bond donors (Lipinski definition) is 2. The zero-order valence-corrected chi connectivity index (χ0v) is 12.2. The fourth-order valence-electron chi connectivity index (χ4n) is 1.68. The van der Waals surface area contributed by atoms with E-state index in [2.05, 4.69) is 15.6 Å². The fraction of sp³-hybridized carbons (Fsp3) is 0.750. The zero-order chi connectivity index (χ0) is 14.7. The Hall–Kier alpha value is -1.63. The second kappa shape index (κ2) is 5.56. The van der Waals surface area contributed by atoms with Crippen LogP contribution < -0.4 is 11.1 Å². The second-order valence-corrected chi connectivity index (χ2v) is 5.86. The number of rotatable bonds is 4. The van der Waals surface area contributed by atoms with Crippen molar-refractivity contribution < 1.29 is 9.53 Å². The SMILES string of the molecule is Cn1nncc1C(C)(CN)CNC(=O)OC(C)(C)C. The summed E-state index contributed by atoms with van der Waals surface area (Å²) in [6.45, 7) is 8.13. The smallest absolute Gasteiger partial charge is 0.407 e. The van der Waals surface area contributed by atoms with Crippen LogP contribution in [0.25, 0.3) is 0 Å². The number of nitrogens with zero attached hydrogens (tertiary/aromatic N) is 3. The van der Waals surface area contributed by atoms with Crippen molar-refractivity contribution in [3.05, 3.63) is 11.9 Å². The van der Waals surface area contributed by atoms with Gasteiger partial charge in [-0.3, -0.25) is 4.68 Å². The van der Waals surface area contributed by atoms with Crippen LogP contribution in [0.5, 0.6) is 0 Å². The molecule has 3 N–H and O–H groups in total. The lowest BCUT2D eigenvalue weighted by molar-refractivity contribution is 0.0515. The maximum absolute atomic E-state index is 11.7. The predicted octanol–water partition coefficient (Wildman–Crippen LogP) is 0.556. The van der Waals surface area contributed by atoms with E-state index >= 15 is 0 Å². The summed E-state index contributed by atoms with van der Waals surface area (Å²) in [7, 11) is 1.80. The molecule has 0 spiro atoms. The molecule has 108 valence electrons. The second-order valence-electron chi connectivity index (χ2n) is 5.86. The molecule has 1 amide bonds. The van der Waals surface area contributed by atoms with Crippen molar-refractivity contribution in [2.45, 2.75) is 38.7 Å². The highest BCUT2D eigenvalue weighted by atomic mass is 16.6. The summed E-state index contributed by atoms with van der Waals surface area (Å²) in [6.07, 6.45) is 1.20. The molecule has 0 aromatic carbocycles. The fourth-order valence-corrected chi connectivity index (χ4v) is 1.68. The van der Waals surface area contributed by atoms with E-state index in [1.807, 2.05) is 27.7 Å². The quantitative estimate of drug-likeness (QED) is 0.832. The van der Waals surface area contributed by atoms with Gasteiger partial charge in [0.15, 0.2) is 0 Å². The van der Waals surface area contributed by atoms with Gasteiger partial charge in [0.25, 0.3) is 0 Å². The first-order valence-corrected chi connectivity index (χ1v) is 6.20. The van der Waals surface area contributed by atoms with Crippen molar-refractivity contribution in [2.75, 3.05) is 13.1 Å². The minimum Gasteiger partial charge on any atom is -0.444 e. The Labute approximate surface area is 113 Å². The van der Waals surface area contributed by atoms with Crippen LogP contribution in [0.2, 0.25) is 0 Å². The number of aromatic nitrogens is 3. The van der Waals surface area contributed by atoms with Gasteiger partial charge in [-0.15, -0.1) is 5.10 Å². The standard InChI is InChI=1S/C12H23N5O2/c1-11(2,3)19-10(18)14-8-12(4,7-13)9-6-15-16-17(9)5/h6H,7-8,13H2,1-5H3,(H,14,18). The average molecular weight is 269 g/mol. The average Bonchev–Trinajstić information content (AvgIpc) is 2.71. The Morgan fingerprint density at radius 2 is 2.11 bits per heavy atom. The Balaban J connectivity index is 2.68. The molecule has 0 fully saturated rings. The van der Waals surface area contributed by atoms with Crippen molar-refractivity contribution in [1.29, 1.82) is 0 Å². The van der Waals surface area contributed by atoms with Crippen LogP contribution in [0.1, 0.15) is 33.4 Å². The Kier molecular flexibility index (Phi) is 4.52. The van der Waals surface area contributed by atoms with Crippen LogP contribution in [-0.2, 0) is 17.2 Å². The van der Waals surface area contributed by atoms with E-state index in [4.69, 9.17) is 10.5 Å². The van der Waals surface area contributed by atoms with Gasteiger partial charge in [-0.25, -0.2) is 4.79 Å². The normalized spacial score (nSPS) is 14.8. The molecule has 1 atom stereocenters. The van der Waals surface area contributed by atoms with E-state index in [0.29, 0.717) is 13.1 Å². The van der Waals surface area contributed by atoms with E-state index in [-0.39, 0.29) is 0 Å². The van der Waals surface area contributed by atoms with E-state index in [0.717, 1.165) is 5.69 Å². The van der Waals surface area contributed by atoms with Gasteiger partial charge in [0.05, 0.1) is 11.9 Å². The number of hydrogen-bond acceptors (Lipinski definition) is 5. The minimum atomic E-state index is -0.517. The molecule has 0 saturated carbocycles. The highest BCUT2D eigenvalue weighted by molar-refractivity contribution is 5.67. The molecule has 1 aromatic rings. The summed E-state index contributed by atoms with van der Waals surface area (Å²) in [4.78, 5) is 11.7. The maximum atomic E-state index is 11.7. The summed E-state index contributed by atoms with van der Waals surface area (Å²) >= 11 is 0. The lowest BCUT2D eigenvalue weighted by atomic mass is 9.87. The monoisotopic (exact) mass is 269 g/mol. The van der Waals surface area contributed by atoms with Crippen LogP contribution >= 0.6 is 0 Å². The number of aryl methyl sites for hydroxylation is 1. The number of nitrogens with two attached hydrogens (primary N) is 1. The lowest BCUT2D eigenvalue weighted by Gasteiger charge is -2.28. The number of nitrogens with one attached hydrogen (secondary N) is 1. The van der Waals surface area contributed by atoms with E-state index in [1.165, 1.54) is 0 Å². The summed E-state index contributed by atoms with van der Waals surface area (Å²) in [5, 5.41) is 10.5. The highest BCUT2D eigenvalue weighted by Crippen LogP contribution is 2.20. The van der Waals surface area contributed by atoms with Crippen LogP contribution in [0.4, 0.5) is 4.79 Å². The zero-order valence-electron chi connectivity index (χ0n) is 12.2. The van der Waals surface area contributed by atoms with Gasteiger partial charge in [-0.05, 0) is 20.8 Å². The van der Waals surface area contributed by atoms with Crippen LogP contribution in [-0.4, -0.2) is 39.8 Å². The van der Waals surface area contributed by atoms with Crippen molar-refractivity contribution in [3.63, 3.8) is 0 Å². The summed E-state index contributed by atoms with van der Waals surface area (Å²) in [5.74, 6) is 0. The van der Waals surface area contributed by atoms with Crippen LogP contribution in [0.3, 0.4) is 0 Å². The van der Waals surface area contributed by atoms with Gasteiger partial charge < -0.3 is 15.8 Å². The molecule has 1 heterocycles. The molecular formula is C12H23N5O2. The van der Waals surface area contributed by atoms with Gasteiger partial charge in [-0.2, -0.15) is 0 Å². The Morgan fingerprint density at radius 3 is 2.53 bits per heavy atom. The molecule has 1 rings (SSSR count). The lowest BCUT2D eigenvalue weighted by Crippen LogP contribution is -2.46. The number of amides is 1. The maximum Gasteiger partial charge on any atom is 0.407 e. The minimum absolute atomic E-state index is 0.361. The first-order chi connectivity index (χ1) is 8.68. The van der Waals surface area contributed by atoms with E-state index in [9.17, 15) is 4.79 Å². The molecule has 0 saturated heterocycles. The van der Waals surface area contributed by atoms with Gasteiger partial charge in [0.1, 0.15) is 5.60 Å². The van der Waals surface area contributed by atoms with Crippen LogP contribution in [0, 0.1) is 0 Å². The topological polar surface area (TPSA) is 95.1 Å². The molecular weight excluding hydrogens is 246 g/mol. The third kappa shape index (κ3) is 4.20. The van der Waals surface area contributed by atoms with Gasteiger partial charge >= 0.3 is 6.09 Å². The molecule has 1 aromatic heterocycles. The molecule has 0 aliphatic heterocycles. The van der Waals surface area contributed by atoms with Gasteiger partial charge in [0, 0.05) is 25.6 Å². The molecule has 0 aliphatic rings. The van der Waals surface area contributed by atoms with Crippen molar-refractivity contribution in [2.24, 2.45) is 12.8 Å². The molecule has 0 radical (unpaired) electrons. The third-order valence-electron chi connectivity index (χ3n) is 2.81. The number of carbonyl (C=O) groups is 1. The first-order valence-electron chi connectivity index (χ1n) is 6.20. The predicted molar refractivity (Wildman–Crippen MR) is 71.6 cm³/mol. The summed E-state index contributed by atoms with van der Waals surface area (Å²) < 4.78 is 6.85. The molecule has 0 aliphatic carbocycles. The van der Waals surface area contributed by atoms with Crippen LogP contribution in [0.15, 0.2) is 6.20 Å². The largest absolute Gasteiger partial charge is 0.444 e. The van der Waals surface area contributed by atoms with Crippen molar-refractivity contribution in [1.82, 2.24) is 20.3 Å². The van der Waals surface area contributed by atoms with E-state index in [1.54, 1.807) is 17.9 Å². The molecule has 1 unspecified atom stereocenters. The number of alkyl carbamates (subject to hydrolysis) is 1. The molecule has 0 bridgehead atoms. The summed E-state index contributed by atoms with van der Waals surface area (Å²) in [6, 6.07) is 0. The van der Waals surface area contributed by atoms with Crippen molar-refractivity contribution in [3.8, 4) is 0 Å². The Bertz CT molecular complexity index is 438.